The highest BCUT2D eigenvalue weighted by molar-refractivity contribution is 6.37. The maximum atomic E-state index is 14.4. The summed E-state index contributed by atoms with van der Waals surface area (Å²) in [6.45, 7) is 9.17. The minimum atomic E-state index is -1.43. The van der Waals surface area contributed by atoms with Crippen molar-refractivity contribution in [2.24, 2.45) is 28.9 Å². The second-order valence-corrected chi connectivity index (χ2v) is 16.0. The van der Waals surface area contributed by atoms with Gasteiger partial charge in [-0.1, -0.05) is 66.7 Å². The predicted molar refractivity (Wildman–Crippen MR) is 183 cm³/mol. The van der Waals surface area contributed by atoms with Crippen LogP contribution < -0.4 is 21.7 Å². The molecule has 1 aromatic rings. The van der Waals surface area contributed by atoms with Crippen molar-refractivity contribution < 1.29 is 42.3 Å². The smallest absolute Gasteiger partial charge is 0.332 e. The van der Waals surface area contributed by atoms with E-state index < -0.39 is 82.8 Å². The molecule has 14 heteroatoms. The fourth-order valence-electron chi connectivity index (χ4n) is 7.37. The van der Waals surface area contributed by atoms with Gasteiger partial charge in [0.05, 0.1) is 6.04 Å². The van der Waals surface area contributed by atoms with Crippen LogP contribution in [0, 0.1) is 34.8 Å². The molecule has 2 aliphatic carbocycles. The number of halogens is 2. The largest absolute Gasteiger partial charge is 0.459 e. The number of likely N-dealkylation sites (tertiary alicyclic amines) is 1. The van der Waals surface area contributed by atoms with Gasteiger partial charge in [-0.2, -0.15) is 0 Å². The monoisotopic (exact) mass is 717 g/mol. The van der Waals surface area contributed by atoms with Gasteiger partial charge in [0.25, 0.3) is 5.91 Å². The lowest BCUT2D eigenvalue weighted by molar-refractivity contribution is -0.154. The SMILES string of the molecule is CC(C)C[C@H]1CCN(C(=O)[C@@H](NC(=O)NC2(C(=O)OCc3cc(F)cc(F)c3)CCCCC2)C(C)(C)C)[C@@H]1C(=O)NC(CC1CC1)C(=O)C(N)=O. The Balaban J connectivity index is 1.53. The number of ketones is 1. The lowest BCUT2D eigenvalue weighted by atomic mass is 9.81. The Kier molecular flexibility index (Phi) is 12.8. The summed E-state index contributed by atoms with van der Waals surface area (Å²) in [5.74, 6) is -5.27. The van der Waals surface area contributed by atoms with Crippen LogP contribution >= 0.6 is 0 Å². The van der Waals surface area contributed by atoms with Crippen LogP contribution in [0.3, 0.4) is 0 Å². The molecular formula is C37H53F2N5O7. The number of ether oxygens (including phenoxy) is 1. The van der Waals surface area contributed by atoms with Gasteiger partial charge in [0.2, 0.25) is 17.6 Å². The highest BCUT2D eigenvalue weighted by Crippen LogP contribution is 2.36. The third-order valence-corrected chi connectivity index (χ3v) is 10.1. The van der Waals surface area contributed by atoms with E-state index in [0.29, 0.717) is 38.2 Å². The first-order chi connectivity index (χ1) is 23.9. The molecule has 4 rings (SSSR count). The van der Waals surface area contributed by atoms with Crippen LogP contribution in [0.2, 0.25) is 0 Å². The van der Waals surface area contributed by atoms with Crippen LogP contribution in [0.5, 0.6) is 0 Å². The average molecular weight is 718 g/mol. The van der Waals surface area contributed by atoms with Gasteiger partial charge in [0, 0.05) is 12.6 Å². The molecule has 5 amide bonds. The van der Waals surface area contributed by atoms with Crippen molar-refractivity contribution in [2.45, 2.75) is 129 Å². The first kappa shape index (κ1) is 39.7. The fourth-order valence-corrected chi connectivity index (χ4v) is 7.37. The first-order valence-corrected chi connectivity index (χ1v) is 18.1. The number of Topliss-reactive ketones (excluding diaryl/α,β-unsaturated/α-hetero) is 1. The van der Waals surface area contributed by atoms with Gasteiger partial charge >= 0.3 is 12.0 Å². The number of amides is 5. The molecule has 3 fully saturated rings. The zero-order valence-electron chi connectivity index (χ0n) is 30.3. The molecule has 0 spiro atoms. The van der Waals surface area contributed by atoms with Gasteiger partial charge in [0.15, 0.2) is 0 Å². The quantitative estimate of drug-likeness (QED) is 0.166. The second kappa shape index (κ2) is 16.5. The highest BCUT2D eigenvalue weighted by atomic mass is 19.1. The number of benzene rings is 1. The summed E-state index contributed by atoms with van der Waals surface area (Å²) in [4.78, 5) is 81.5. The lowest BCUT2D eigenvalue weighted by Crippen LogP contribution is -2.64. The maximum absolute atomic E-state index is 14.4. The minimum absolute atomic E-state index is 0.118. The summed E-state index contributed by atoms with van der Waals surface area (Å²) in [6, 6.07) is -1.13. The van der Waals surface area contributed by atoms with Crippen molar-refractivity contribution in [3.8, 4) is 0 Å². The molecule has 1 aliphatic heterocycles. The van der Waals surface area contributed by atoms with Crippen LogP contribution in [0.15, 0.2) is 18.2 Å². The summed E-state index contributed by atoms with van der Waals surface area (Å²) >= 11 is 0. The predicted octanol–water partition coefficient (Wildman–Crippen LogP) is 4.03. The van der Waals surface area contributed by atoms with Gasteiger partial charge in [0.1, 0.15) is 35.9 Å². The minimum Gasteiger partial charge on any atom is -0.459 e. The topological polar surface area (TPSA) is 177 Å². The van der Waals surface area contributed by atoms with Crippen molar-refractivity contribution in [1.29, 1.82) is 0 Å². The average Bonchev–Trinajstić information content (AvgIpc) is 3.76. The number of primary amides is 1. The van der Waals surface area contributed by atoms with Crippen molar-refractivity contribution in [3.05, 3.63) is 35.4 Å². The second-order valence-electron chi connectivity index (χ2n) is 16.0. The van der Waals surface area contributed by atoms with Crippen molar-refractivity contribution in [3.63, 3.8) is 0 Å². The van der Waals surface area contributed by atoms with E-state index in [9.17, 15) is 37.5 Å². The number of hydrogen-bond donors (Lipinski definition) is 4. The number of urea groups is 1. The molecule has 5 N–H and O–H groups in total. The highest BCUT2D eigenvalue weighted by Gasteiger charge is 2.48. The van der Waals surface area contributed by atoms with Crippen molar-refractivity contribution >= 4 is 35.5 Å². The number of nitrogens with zero attached hydrogens (tertiary/aromatic N) is 1. The van der Waals surface area contributed by atoms with E-state index >= 15 is 0 Å². The van der Waals surface area contributed by atoms with E-state index in [1.807, 2.05) is 13.8 Å². The summed E-state index contributed by atoms with van der Waals surface area (Å²) in [6.07, 6.45) is 5.81. The summed E-state index contributed by atoms with van der Waals surface area (Å²) in [7, 11) is 0. The van der Waals surface area contributed by atoms with Crippen molar-refractivity contribution in [2.75, 3.05) is 6.54 Å². The van der Waals surface area contributed by atoms with Gasteiger partial charge in [-0.25, -0.2) is 18.4 Å². The Labute approximate surface area is 298 Å². The lowest BCUT2D eigenvalue weighted by Gasteiger charge is -2.39. The molecule has 1 saturated heterocycles. The van der Waals surface area contributed by atoms with Crippen LogP contribution in [0.4, 0.5) is 13.6 Å². The summed E-state index contributed by atoms with van der Waals surface area (Å²) in [5, 5.41) is 8.30. The van der Waals surface area contributed by atoms with Crippen LogP contribution in [-0.4, -0.2) is 70.6 Å². The third kappa shape index (κ3) is 10.5. The zero-order chi connectivity index (χ0) is 37.7. The molecule has 3 aliphatic rings. The van der Waals surface area contributed by atoms with Gasteiger partial charge in [-0.3, -0.25) is 19.2 Å². The van der Waals surface area contributed by atoms with E-state index in [4.69, 9.17) is 10.5 Å². The standard InChI is InChI=1S/C37H53F2N5O7/c1-21(2)15-24-11-14-44(28(24)32(47)41-27(18-22-9-10-22)29(45)31(40)46)33(48)30(36(3,4)5)42-35(50)43-37(12-7-6-8-13-37)34(49)51-20-23-16-25(38)19-26(39)17-23/h16-17,19,21-22,24,27-28,30H,6-15,18,20H2,1-5H3,(H2,40,46)(H,41,47)(H2,42,43,50)/t24-,27?,28+,30-/m1/s1. The Bertz CT molecular complexity index is 1470. The summed E-state index contributed by atoms with van der Waals surface area (Å²) < 4.78 is 32.9. The molecule has 0 aromatic heterocycles. The molecular weight excluding hydrogens is 664 g/mol. The fraction of sp³-hybridized carbons (Fsp3) is 0.676. The number of carbonyl (C=O) groups excluding carboxylic acids is 6. The number of esters is 1. The van der Waals surface area contributed by atoms with Crippen LogP contribution in [-0.2, 0) is 35.3 Å². The Morgan fingerprint density at radius 2 is 1.57 bits per heavy atom. The van der Waals surface area contributed by atoms with E-state index in [2.05, 4.69) is 16.0 Å². The van der Waals surface area contributed by atoms with Crippen LogP contribution in [0.1, 0.15) is 104 Å². The molecule has 4 atom stereocenters. The molecule has 0 bridgehead atoms. The van der Waals surface area contributed by atoms with Gasteiger partial charge in [-0.15, -0.1) is 0 Å². The van der Waals surface area contributed by atoms with Gasteiger partial charge < -0.3 is 31.3 Å². The van der Waals surface area contributed by atoms with E-state index in [-0.39, 0.29) is 42.7 Å². The molecule has 282 valence electrons. The Morgan fingerprint density at radius 1 is 0.941 bits per heavy atom. The molecule has 2 saturated carbocycles. The number of nitrogens with two attached hydrogens (primary N) is 1. The normalized spacial score (nSPS) is 21.4. The number of hydrogen-bond acceptors (Lipinski definition) is 7. The molecule has 1 heterocycles. The molecule has 0 radical (unpaired) electrons. The first-order valence-electron chi connectivity index (χ1n) is 18.1. The molecule has 1 aromatic carbocycles. The Hall–Kier alpha value is -4.10. The number of rotatable bonds is 14. The molecule has 12 nitrogen and oxygen atoms in total. The molecule has 1 unspecified atom stereocenters. The summed E-state index contributed by atoms with van der Waals surface area (Å²) in [5.41, 5.74) is 3.15. The van der Waals surface area contributed by atoms with Crippen LogP contribution in [0.25, 0.3) is 0 Å². The molecule has 51 heavy (non-hydrogen) atoms. The maximum Gasteiger partial charge on any atom is 0.332 e. The third-order valence-electron chi connectivity index (χ3n) is 10.1. The van der Waals surface area contributed by atoms with Crippen molar-refractivity contribution in [1.82, 2.24) is 20.9 Å². The number of carbonyl (C=O) groups is 6. The van der Waals surface area contributed by atoms with Gasteiger partial charge in [-0.05, 0) is 73.0 Å². The van der Waals surface area contributed by atoms with E-state index in [1.54, 1.807) is 20.8 Å². The zero-order valence-corrected chi connectivity index (χ0v) is 30.3. The van der Waals surface area contributed by atoms with E-state index in [1.165, 1.54) is 4.90 Å². The number of nitrogens with one attached hydrogen (secondary N) is 3. The van der Waals surface area contributed by atoms with E-state index in [0.717, 1.165) is 31.4 Å². The Morgan fingerprint density at radius 3 is 2.12 bits per heavy atom.